The molecule has 3 atom stereocenters. The van der Waals surface area contributed by atoms with Gasteiger partial charge in [0.2, 0.25) is 11.9 Å². The van der Waals surface area contributed by atoms with Crippen molar-refractivity contribution in [1.29, 1.82) is 0 Å². The number of amides is 3. The van der Waals surface area contributed by atoms with E-state index < -0.39 is 0 Å². The van der Waals surface area contributed by atoms with Gasteiger partial charge in [0.15, 0.2) is 0 Å². The van der Waals surface area contributed by atoms with Crippen molar-refractivity contribution in [2.75, 3.05) is 11.1 Å². The van der Waals surface area contributed by atoms with Gasteiger partial charge in [0.05, 0.1) is 12.1 Å². The molecule has 3 rings (SSSR count). The van der Waals surface area contributed by atoms with Crippen molar-refractivity contribution in [3.8, 4) is 0 Å². The molecule has 25 heavy (non-hydrogen) atoms. The van der Waals surface area contributed by atoms with Gasteiger partial charge in [0.1, 0.15) is 5.82 Å². The average Bonchev–Trinajstić information content (AvgIpc) is 3.20. The molecule has 3 heterocycles. The number of anilines is 1. The van der Waals surface area contributed by atoms with Crippen molar-refractivity contribution in [3.63, 3.8) is 0 Å². The molecule has 2 aliphatic rings. The van der Waals surface area contributed by atoms with Gasteiger partial charge < -0.3 is 10.6 Å². The lowest BCUT2D eigenvalue weighted by Gasteiger charge is -2.16. The third-order valence-corrected chi connectivity index (χ3v) is 5.97. The number of rotatable bonds is 8. The molecule has 0 radical (unpaired) electrons. The summed E-state index contributed by atoms with van der Waals surface area (Å²) in [6.45, 7) is 4.22. The molecule has 3 unspecified atom stereocenters. The Bertz CT molecular complexity index is 620. The number of hydrogen-bond acceptors (Lipinski definition) is 5. The lowest BCUT2D eigenvalue weighted by atomic mass is 10.0. The third kappa shape index (κ3) is 4.87. The van der Waals surface area contributed by atoms with Gasteiger partial charge in [-0.2, -0.15) is 16.7 Å². The summed E-state index contributed by atoms with van der Waals surface area (Å²) in [7, 11) is 0. The number of carbonyl (C=O) groups is 2. The smallest absolute Gasteiger partial charge is 0.315 e. The molecule has 0 aromatic carbocycles. The van der Waals surface area contributed by atoms with Crippen LogP contribution in [-0.4, -0.2) is 50.2 Å². The normalized spacial score (nSPS) is 24.9. The zero-order valence-electron chi connectivity index (χ0n) is 14.7. The SMILES string of the molecule is CC(C)Cc1nc(NC(=O)CCCCC2SCC3NC(=O)NC32)n[nH]1. The first kappa shape index (κ1) is 18.0. The molecule has 0 bridgehead atoms. The lowest BCUT2D eigenvalue weighted by molar-refractivity contribution is -0.116. The van der Waals surface area contributed by atoms with Gasteiger partial charge in [-0.25, -0.2) is 4.79 Å². The first-order valence-corrected chi connectivity index (χ1v) is 9.96. The molecule has 9 heteroatoms. The van der Waals surface area contributed by atoms with Crippen LogP contribution >= 0.6 is 11.8 Å². The van der Waals surface area contributed by atoms with Gasteiger partial charge in [-0.05, 0) is 18.8 Å². The fourth-order valence-electron chi connectivity index (χ4n) is 3.29. The number of fused-ring (bicyclic) bond motifs is 1. The van der Waals surface area contributed by atoms with Crippen LogP contribution in [0.3, 0.4) is 0 Å². The van der Waals surface area contributed by atoms with Crippen molar-refractivity contribution in [3.05, 3.63) is 5.82 Å². The Labute approximate surface area is 151 Å². The maximum absolute atomic E-state index is 12.0. The molecule has 138 valence electrons. The van der Waals surface area contributed by atoms with E-state index in [0.29, 0.717) is 23.5 Å². The number of carbonyl (C=O) groups excluding carboxylic acids is 2. The summed E-state index contributed by atoms with van der Waals surface area (Å²) in [5, 5.41) is 16.0. The first-order chi connectivity index (χ1) is 12.0. The van der Waals surface area contributed by atoms with Crippen molar-refractivity contribution >= 4 is 29.6 Å². The van der Waals surface area contributed by atoms with Gasteiger partial charge in [0, 0.05) is 23.8 Å². The second-order valence-electron chi connectivity index (χ2n) is 7.12. The number of aromatic amines is 1. The molecular weight excluding hydrogens is 340 g/mol. The Morgan fingerprint density at radius 2 is 2.20 bits per heavy atom. The highest BCUT2D eigenvalue weighted by Gasteiger charge is 2.42. The third-order valence-electron chi connectivity index (χ3n) is 4.47. The van der Waals surface area contributed by atoms with Crippen molar-refractivity contribution in [2.24, 2.45) is 5.92 Å². The lowest BCUT2D eigenvalue weighted by Crippen LogP contribution is -2.36. The zero-order valence-corrected chi connectivity index (χ0v) is 15.5. The van der Waals surface area contributed by atoms with E-state index in [1.807, 2.05) is 11.8 Å². The molecule has 0 saturated carbocycles. The quantitative estimate of drug-likeness (QED) is 0.413. The molecular formula is C16H26N6O2S. The van der Waals surface area contributed by atoms with E-state index in [1.165, 1.54) is 0 Å². The van der Waals surface area contributed by atoms with Gasteiger partial charge >= 0.3 is 6.03 Å². The minimum atomic E-state index is -0.0529. The molecule has 0 aliphatic carbocycles. The summed E-state index contributed by atoms with van der Waals surface area (Å²) in [5.41, 5.74) is 0. The summed E-state index contributed by atoms with van der Waals surface area (Å²) < 4.78 is 0. The molecule has 2 saturated heterocycles. The van der Waals surface area contributed by atoms with E-state index in [1.54, 1.807) is 0 Å². The van der Waals surface area contributed by atoms with Crippen LogP contribution in [-0.2, 0) is 11.2 Å². The van der Waals surface area contributed by atoms with E-state index in [9.17, 15) is 9.59 Å². The standard InChI is InChI=1S/C16H26N6O2S/c1-9(2)7-12-18-15(22-21-12)19-13(23)6-4-3-5-11-14-10(8-25-11)17-16(24)20-14/h9-11,14H,3-8H2,1-2H3,(H2,17,20,24)(H2,18,19,21,22,23). The molecule has 1 aromatic heterocycles. The van der Waals surface area contributed by atoms with Gasteiger partial charge in [0.25, 0.3) is 0 Å². The van der Waals surface area contributed by atoms with Crippen LogP contribution in [0.4, 0.5) is 10.7 Å². The largest absolute Gasteiger partial charge is 0.332 e. The molecule has 4 N–H and O–H groups in total. The zero-order chi connectivity index (χ0) is 17.8. The van der Waals surface area contributed by atoms with Gasteiger partial charge in [-0.15, -0.1) is 5.10 Å². The summed E-state index contributed by atoms with van der Waals surface area (Å²) in [6, 6.07) is 0.443. The summed E-state index contributed by atoms with van der Waals surface area (Å²) >= 11 is 1.90. The number of hydrogen-bond donors (Lipinski definition) is 4. The van der Waals surface area contributed by atoms with Crippen molar-refractivity contribution in [2.45, 2.75) is 63.3 Å². The Morgan fingerprint density at radius 3 is 3.00 bits per heavy atom. The number of urea groups is 1. The predicted molar refractivity (Wildman–Crippen MR) is 97.5 cm³/mol. The predicted octanol–water partition coefficient (Wildman–Crippen LogP) is 1.67. The summed E-state index contributed by atoms with van der Waals surface area (Å²) in [4.78, 5) is 27.6. The monoisotopic (exact) mass is 366 g/mol. The number of nitrogens with zero attached hydrogens (tertiary/aromatic N) is 2. The maximum Gasteiger partial charge on any atom is 0.315 e. The molecule has 0 spiro atoms. The van der Waals surface area contributed by atoms with E-state index in [0.717, 1.165) is 37.3 Å². The van der Waals surface area contributed by atoms with E-state index in [-0.39, 0.29) is 24.0 Å². The van der Waals surface area contributed by atoms with Crippen molar-refractivity contribution in [1.82, 2.24) is 25.8 Å². The second-order valence-corrected chi connectivity index (χ2v) is 8.39. The minimum absolute atomic E-state index is 0.0528. The van der Waals surface area contributed by atoms with Crippen LogP contribution in [0.5, 0.6) is 0 Å². The first-order valence-electron chi connectivity index (χ1n) is 8.91. The molecule has 2 aliphatic heterocycles. The Balaban J connectivity index is 1.33. The van der Waals surface area contributed by atoms with E-state index in [4.69, 9.17) is 0 Å². The molecule has 8 nitrogen and oxygen atoms in total. The highest BCUT2D eigenvalue weighted by molar-refractivity contribution is 8.00. The highest BCUT2D eigenvalue weighted by Crippen LogP contribution is 2.33. The van der Waals surface area contributed by atoms with Gasteiger partial charge in [-0.3, -0.25) is 15.2 Å². The number of aromatic nitrogens is 3. The Hall–Kier alpha value is -1.77. The van der Waals surface area contributed by atoms with Crippen LogP contribution in [0.15, 0.2) is 0 Å². The highest BCUT2D eigenvalue weighted by atomic mass is 32.2. The Morgan fingerprint density at radius 1 is 1.36 bits per heavy atom. The molecule has 2 fully saturated rings. The number of thioether (sulfide) groups is 1. The summed E-state index contributed by atoms with van der Waals surface area (Å²) in [6.07, 6.45) is 4.08. The van der Waals surface area contributed by atoms with Gasteiger partial charge in [-0.1, -0.05) is 20.3 Å². The number of nitrogens with one attached hydrogen (secondary N) is 4. The van der Waals surface area contributed by atoms with E-state index in [2.05, 4.69) is 45.0 Å². The second kappa shape index (κ2) is 8.07. The van der Waals surface area contributed by atoms with Crippen LogP contribution in [0.2, 0.25) is 0 Å². The van der Waals surface area contributed by atoms with Crippen LogP contribution in [0.1, 0.15) is 45.4 Å². The fourth-order valence-corrected chi connectivity index (χ4v) is 4.83. The van der Waals surface area contributed by atoms with Crippen LogP contribution in [0, 0.1) is 5.92 Å². The van der Waals surface area contributed by atoms with Crippen LogP contribution in [0.25, 0.3) is 0 Å². The fraction of sp³-hybridized carbons (Fsp3) is 0.750. The van der Waals surface area contributed by atoms with E-state index >= 15 is 0 Å². The minimum Gasteiger partial charge on any atom is -0.332 e. The van der Waals surface area contributed by atoms with Crippen molar-refractivity contribution < 1.29 is 9.59 Å². The molecule has 3 amide bonds. The topological polar surface area (TPSA) is 112 Å². The number of H-pyrrole nitrogens is 1. The summed E-state index contributed by atoms with van der Waals surface area (Å²) in [5.74, 6) is 2.56. The maximum atomic E-state index is 12.0. The van der Waals surface area contributed by atoms with Crippen LogP contribution < -0.4 is 16.0 Å². The average molecular weight is 366 g/mol. The molecule has 1 aromatic rings. The number of unbranched alkanes of at least 4 members (excludes halogenated alkanes) is 1. The Kier molecular flexibility index (Phi) is 5.82.